The van der Waals surface area contributed by atoms with Crippen LogP contribution in [0.4, 0.5) is 4.39 Å². The van der Waals surface area contributed by atoms with Gasteiger partial charge in [0.1, 0.15) is 5.82 Å². The number of aliphatic hydroxyl groups is 1. The summed E-state index contributed by atoms with van der Waals surface area (Å²) < 4.78 is 13.1. The number of rotatable bonds is 1. The predicted octanol–water partition coefficient (Wildman–Crippen LogP) is 3.11. The van der Waals surface area contributed by atoms with Gasteiger partial charge in [0.15, 0.2) is 0 Å². The highest BCUT2D eigenvalue weighted by atomic mass is 79.9. The van der Waals surface area contributed by atoms with Gasteiger partial charge >= 0.3 is 0 Å². The van der Waals surface area contributed by atoms with Crippen LogP contribution in [0.3, 0.4) is 0 Å². The van der Waals surface area contributed by atoms with Gasteiger partial charge in [-0.1, -0.05) is 29.8 Å². The summed E-state index contributed by atoms with van der Waals surface area (Å²) in [7, 11) is 0. The molecule has 1 nitrogen and oxygen atoms in total. The molecule has 0 aliphatic rings. The van der Waals surface area contributed by atoms with E-state index in [9.17, 15) is 4.39 Å². The van der Waals surface area contributed by atoms with Crippen molar-refractivity contribution in [1.82, 2.24) is 0 Å². The molecule has 0 unspecified atom stereocenters. The summed E-state index contributed by atoms with van der Waals surface area (Å²) in [4.78, 5) is 0. The van der Waals surface area contributed by atoms with E-state index in [0.29, 0.717) is 5.56 Å². The highest BCUT2D eigenvalue weighted by Gasteiger charge is 1.98. The highest BCUT2D eigenvalue weighted by Crippen LogP contribution is 2.17. The van der Waals surface area contributed by atoms with Crippen LogP contribution in [0.5, 0.6) is 0 Å². The first-order valence-electron chi connectivity index (χ1n) is 3.79. The lowest BCUT2D eigenvalue weighted by atomic mass is 10.2. The van der Waals surface area contributed by atoms with Crippen molar-refractivity contribution < 1.29 is 9.50 Å². The molecule has 0 atom stereocenters. The smallest absolute Gasteiger partial charge is 0.123 e. The molecule has 0 bridgehead atoms. The third-order valence-corrected chi connectivity index (χ3v) is 1.95. The predicted molar refractivity (Wildman–Crippen MR) is 51.4 cm³/mol. The minimum absolute atomic E-state index is 0.141. The van der Waals surface area contributed by atoms with Crippen molar-refractivity contribution in [3.05, 3.63) is 34.1 Å². The SMILES string of the molecule is CC.OCc1cc(F)ccc1Br. The average molecular weight is 235 g/mol. The summed E-state index contributed by atoms with van der Waals surface area (Å²) in [5, 5.41) is 8.65. The normalized spacial score (nSPS) is 8.75. The van der Waals surface area contributed by atoms with Crippen LogP contribution < -0.4 is 0 Å². The van der Waals surface area contributed by atoms with E-state index < -0.39 is 0 Å². The molecule has 0 heterocycles. The fraction of sp³-hybridized carbons (Fsp3) is 0.333. The van der Waals surface area contributed by atoms with Crippen molar-refractivity contribution in [2.75, 3.05) is 0 Å². The van der Waals surface area contributed by atoms with Gasteiger partial charge in [-0.15, -0.1) is 0 Å². The maximum Gasteiger partial charge on any atom is 0.123 e. The molecule has 68 valence electrons. The summed E-state index contributed by atoms with van der Waals surface area (Å²) in [5.74, 6) is -0.327. The Morgan fingerprint density at radius 2 is 2.00 bits per heavy atom. The van der Waals surface area contributed by atoms with Crippen LogP contribution in [0.15, 0.2) is 22.7 Å². The van der Waals surface area contributed by atoms with E-state index in [0.717, 1.165) is 4.47 Å². The molecular weight excluding hydrogens is 223 g/mol. The molecule has 0 amide bonds. The molecule has 0 aliphatic heterocycles. The molecule has 3 heteroatoms. The lowest BCUT2D eigenvalue weighted by molar-refractivity contribution is 0.280. The van der Waals surface area contributed by atoms with Crippen LogP contribution in [0.2, 0.25) is 0 Å². The van der Waals surface area contributed by atoms with Gasteiger partial charge in [-0.3, -0.25) is 0 Å². The van der Waals surface area contributed by atoms with Crippen molar-refractivity contribution in [2.24, 2.45) is 0 Å². The fourth-order valence-corrected chi connectivity index (χ4v) is 1.04. The number of aliphatic hydroxyl groups excluding tert-OH is 1. The summed E-state index contributed by atoms with van der Waals surface area (Å²) in [5.41, 5.74) is 0.569. The van der Waals surface area contributed by atoms with E-state index in [-0.39, 0.29) is 12.4 Å². The molecule has 0 radical (unpaired) electrons. The molecule has 1 aromatic carbocycles. The van der Waals surface area contributed by atoms with Gasteiger partial charge in [-0.05, 0) is 23.8 Å². The van der Waals surface area contributed by atoms with Crippen LogP contribution in [-0.4, -0.2) is 5.11 Å². The third kappa shape index (κ3) is 3.32. The fourth-order valence-electron chi connectivity index (χ4n) is 0.664. The minimum atomic E-state index is -0.327. The van der Waals surface area contributed by atoms with Gasteiger partial charge < -0.3 is 5.11 Å². The van der Waals surface area contributed by atoms with E-state index in [1.165, 1.54) is 12.1 Å². The summed E-state index contributed by atoms with van der Waals surface area (Å²) >= 11 is 3.16. The van der Waals surface area contributed by atoms with Crippen LogP contribution in [0.1, 0.15) is 19.4 Å². The number of hydrogen-bond acceptors (Lipinski definition) is 1. The molecule has 1 rings (SSSR count). The first kappa shape index (κ1) is 11.6. The summed E-state index contributed by atoms with van der Waals surface area (Å²) in [6, 6.07) is 4.20. The number of hydrogen-bond donors (Lipinski definition) is 1. The summed E-state index contributed by atoms with van der Waals surface area (Å²) in [6.45, 7) is 3.86. The minimum Gasteiger partial charge on any atom is -0.392 e. The monoisotopic (exact) mass is 234 g/mol. The second-order valence-electron chi connectivity index (χ2n) is 1.89. The van der Waals surface area contributed by atoms with Crippen LogP contribution in [0.25, 0.3) is 0 Å². The van der Waals surface area contributed by atoms with Crippen LogP contribution in [-0.2, 0) is 6.61 Å². The van der Waals surface area contributed by atoms with Gasteiger partial charge in [0.05, 0.1) is 6.61 Å². The first-order chi connectivity index (χ1) is 5.74. The zero-order valence-corrected chi connectivity index (χ0v) is 8.73. The van der Waals surface area contributed by atoms with Crippen LogP contribution >= 0.6 is 15.9 Å². The Morgan fingerprint density at radius 3 is 2.42 bits per heavy atom. The molecule has 0 aliphatic carbocycles. The Labute approximate surface area is 80.4 Å². The van der Waals surface area contributed by atoms with Gasteiger partial charge in [0.25, 0.3) is 0 Å². The second-order valence-corrected chi connectivity index (χ2v) is 2.75. The maximum atomic E-state index is 12.4. The van der Waals surface area contributed by atoms with E-state index >= 15 is 0 Å². The van der Waals surface area contributed by atoms with E-state index in [1.807, 2.05) is 13.8 Å². The molecule has 0 saturated heterocycles. The number of benzene rings is 1. The average Bonchev–Trinajstić information content (AvgIpc) is 2.13. The lowest BCUT2D eigenvalue weighted by Gasteiger charge is -1.98. The molecule has 12 heavy (non-hydrogen) atoms. The highest BCUT2D eigenvalue weighted by molar-refractivity contribution is 9.10. The maximum absolute atomic E-state index is 12.4. The molecule has 0 saturated carbocycles. The lowest BCUT2D eigenvalue weighted by Crippen LogP contribution is -1.85. The summed E-state index contributed by atoms with van der Waals surface area (Å²) in [6.07, 6.45) is 0. The molecule has 1 N–H and O–H groups in total. The Kier molecular flexibility index (Phi) is 5.93. The van der Waals surface area contributed by atoms with E-state index in [2.05, 4.69) is 15.9 Å². The van der Waals surface area contributed by atoms with Gasteiger partial charge in [0.2, 0.25) is 0 Å². The molecule has 0 fully saturated rings. The van der Waals surface area contributed by atoms with Crippen molar-refractivity contribution in [3.8, 4) is 0 Å². The molecule has 1 aromatic rings. The topological polar surface area (TPSA) is 20.2 Å². The van der Waals surface area contributed by atoms with Gasteiger partial charge in [-0.2, -0.15) is 0 Å². The second kappa shape index (κ2) is 6.14. The van der Waals surface area contributed by atoms with Crippen LogP contribution in [0, 0.1) is 5.82 Å². The Morgan fingerprint density at radius 1 is 1.42 bits per heavy atom. The quantitative estimate of drug-likeness (QED) is 0.792. The van der Waals surface area contributed by atoms with Crippen molar-refractivity contribution in [2.45, 2.75) is 20.5 Å². The largest absolute Gasteiger partial charge is 0.392 e. The Hall–Kier alpha value is -0.410. The Bertz CT molecular complexity index is 238. The van der Waals surface area contributed by atoms with Gasteiger partial charge in [-0.25, -0.2) is 4.39 Å². The van der Waals surface area contributed by atoms with Crippen molar-refractivity contribution in [1.29, 1.82) is 0 Å². The zero-order chi connectivity index (χ0) is 9.56. The molecular formula is C9H12BrFO. The van der Waals surface area contributed by atoms with Gasteiger partial charge in [0, 0.05) is 4.47 Å². The molecule has 0 aromatic heterocycles. The molecule has 0 spiro atoms. The number of halogens is 2. The van der Waals surface area contributed by atoms with E-state index in [1.54, 1.807) is 6.07 Å². The third-order valence-electron chi connectivity index (χ3n) is 1.18. The Balaban J connectivity index is 0.000000561. The standard InChI is InChI=1S/C7H6BrFO.C2H6/c8-7-2-1-6(9)3-5(7)4-10;1-2/h1-3,10H,4H2;1-2H3. The van der Waals surface area contributed by atoms with E-state index in [4.69, 9.17) is 5.11 Å². The zero-order valence-electron chi connectivity index (χ0n) is 7.14. The first-order valence-corrected chi connectivity index (χ1v) is 4.58. The van der Waals surface area contributed by atoms with Crippen molar-refractivity contribution in [3.63, 3.8) is 0 Å². The van der Waals surface area contributed by atoms with Crippen molar-refractivity contribution >= 4 is 15.9 Å².